The number of anilines is 2. The molecule has 0 aliphatic heterocycles. The third kappa shape index (κ3) is 6.49. The predicted octanol–water partition coefficient (Wildman–Crippen LogP) is 3.91. The molecule has 0 bridgehead atoms. The Morgan fingerprint density at radius 3 is 2.50 bits per heavy atom. The van der Waals surface area contributed by atoms with Crippen LogP contribution in [-0.2, 0) is 10.1 Å². The number of hydrogen-bond acceptors (Lipinski definition) is 4. The van der Waals surface area contributed by atoms with Gasteiger partial charge in [0.05, 0.1) is 11.1 Å². The average molecular weight is 469 g/mol. The van der Waals surface area contributed by atoms with Crippen LogP contribution in [0.3, 0.4) is 0 Å². The van der Waals surface area contributed by atoms with E-state index in [0.29, 0.717) is 27.4 Å². The van der Waals surface area contributed by atoms with E-state index in [9.17, 15) is 14.1 Å². The summed E-state index contributed by atoms with van der Waals surface area (Å²) in [5.41, 5.74) is 8.11. The Kier molecular flexibility index (Phi) is 7.05. The number of amides is 2. The van der Waals surface area contributed by atoms with Crippen LogP contribution in [0.25, 0.3) is 0 Å². The number of rotatable bonds is 3. The number of pyridine rings is 1. The highest BCUT2D eigenvalue weighted by Gasteiger charge is 2.10. The van der Waals surface area contributed by atoms with Crippen molar-refractivity contribution < 1.29 is 14.1 Å². The topological polar surface area (TPSA) is 118 Å². The van der Waals surface area contributed by atoms with Crippen LogP contribution in [-0.4, -0.2) is 33.9 Å². The molecule has 0 aliphatic rings. The molecule has 0 unspecified atom stereocenters. The van der Waals surface area contributed by atoms with Gasteiger partial charge in [0.25, 0.3) is 11.8 Å². The third-order valence-electron chi connectivity index (χ3n) is 4.07. The number of nitrogens with zero attached hydrogens (tertiary/aromatic N) is 2. The van der Waals surface area contributed by atoms with Crippen molar-refractivity contribution >= 4 is 45.0 Å². The number of carbonyl (C=O) groups is 2. The Hall–Kier alpha value is -3.51. The Labute approximate surface area is 191 Å². The van der Waals surface area contributed by atoms with Crippen molar-refractivity contribution in [2.45, 2.75) is 0 Å². The van der Waals surface area contributed by atoms with Gasteiger partial charge < -0.3 is 15.6 Å². The van der Waals surface area contributed by atoms with Crippen molar-refractivity contribution in [1.82, 2.24) is 4.98 Å². The van der Waals surface area contributed by atoms with Crippen molar-refractivity contribution in [1.29, 1.82) is 0 Å². The van der Waals surface area contributed by atoms with Crippen LogP contribution >= 0.6 is 11.6 Å². The zero-order chi connectivity index (χ0) is 23.3. The van der Waals surface area contributed by atoms with Gasteiger partial charge in [-0.15, -0.1) is 10.1 Å². The monoisotopic (exact) mass is 468 g/mol. The predicted molar refractivity (Wildman–Crippen MR) is 130 cm³/mol. The maximum absolute atomic E-state index is 12.4. The average Bonchev–Trinajstić information content (AvgIpc) is 2.72. The number of halogens is 1. The van der Waals surface area contributed by atoms with E-state index in [1.54, 1.807) is 48.5 Å². The standard InChI is InChI=1S/C23H21ClN4O3S/c1-32(2,31)28-23(30)18-13-17(21(25)26-14-18)7-6-15-4-3-5-20(12-15)27-22(29)16-8-10-19(24)11-9-16/h3-5,8-14,32H,1-2H3,(H2,25,26)(H,27,29)(H,28,30,31). The highest BCUT2D eigenvalue weighted by molar-refractivity contribution is 7.98. The van der Waals surface area contributed by atoms with E-state index in [-0.39, 0.29) is 17.3 Å². The molecule has 9 heteroatoms. The molecule has 0 spiro atoms. The van der Waals surface area contributed by atoms with Crippen molar-refractivity contribution in [3.8, 4) is 11.8 Å². The first-order valence-corrected chi connectivity index (χ1v) is 12.4. The van der Waals surface area contributed by atoms with Crippen molar-refractivity contribution in [2.24, 2.45) is 4.36 Å². The van der Waals surface area contributed by atoms with E-state index < -0.39 is 16.0 Å². The highest BCUT2D eigenvalue weighted by Crippen LogP contribution is 2.15. The van der Waals surface area contributed by atoms with Gasteiger partial charge in [-0.05, 0) is 61.0 Å². The summed E-state index contributed by atoms with van der Waals surface area (Å²) in [7, 11) is -2.63. The number of carbonyl (C=O) groups excluding carboxylic acids is 2. The second kappa shape index (κ2) is 9.75. The number of benzene rings is 2. The van der Waals surface area contributed by atoms with Crippen LogP contribution in [0.15, 0.2) is 65.2 Å². The zero-order valence-corrected chi connectivity index (χ0v) is 19.0. The first-order valence-electron chi connectivity index (χ1n) is 9.39. The number of nitrogens with two attached hydrogens (primary N) is 1. The first kappa shape index (κ1) is 23.2. The summed E-state index contributed by atoms with van der Waals surface area (Å²) < 4.78 is 13.6. The molecule has 32 heavy (non-hydrogen) atoms. The summed E-state index contributed by atoms with van der Waals surface area (Å²) in [5.74, 6) is 5.16. The van der Waals surface area contributed by atoms with Gasteiger partial charge in [-0.2, -0.15) is 4.36 Å². The molecule has 1 aromatic heterocycles. The summed E-state index contributed by atoms with van der Waals surface area (Å²) in [6.45, 7) is 0. The molecule has 2 amide bonds. The largest absolute Gasteiger partial charge is 0.383 e. The molecule has 0 saturated heterocycles. The third-order valence-corrected chi connectivity index (χ3v) is 4.99. The molecule has 164 valence electrons. The van der Waals surface area contributed by atoms with Crippen LogP contribution in [0.4, 0.5) is 11.5 Å². The van der Waals surface area contributed by atoms with Gasteiger partial charge in [0.1, 0.15) is 5.82 Å². The Morgan fingerprint density at radius 2 is 1.81 bits per heavy atom. The van der Waals surface area contributed by atoms with Crippen LogP contribution in [0, 0.1) is 11.8 Å². The molecule has 4 N–H and O–H groups in total. The van der Waals surface area contributed by atoms with E-state index in [4.69, 9.17) is 17.3 Å². The molecular formula is C23H21ClN4O3S. The highest BCUT2D eigenvalue weighted by atomic mass is 35.5. The lowest BCUT2D eigenvalue weighted by Gasteiger charge is -2.09. The van der Waals surface area contributed by atoms with Gasteiger partial charge in [-0.25, -0.2) is 4.98 Å². The molecule has 0 saturated carbocycles. The molecule has 3 aromatic rings. The van der Waals surface area contributed by atoms with Crippen LogP contribution < -0.4 is 11.1 Å². The molecule has 0 atom stereocenters. The van der Waals surface area contributed by atoms with E-state index in [0.717, 1.165) is 0 Å². The minimum atomic E-state index is -2.63. The molecule has 2 aromatic carbocycles. The quantitative estimate of drug-likeness (QED) is 0.343. The lowest BCUT2D eigenvalue weighted by atomic mass is 10.1. The van der Waals surface area contributed by atoms with Crippen molar-refractivity contribution in [2.75, 3.05) is 23.6 Å². The molecule has 0 aliphatic carbocycles. The number of aromatic nitrogens is 1. The van der Waals surface area contributed by atoms with E-state index in [2.05, 4.69) is 26.5 Å². The smallest absolute Gasteiger partial charge is 0.284 e. The lowest BCUT2D eigenvalue weighted by Crippen LogP contribution is -2.11. The molecule has 0 radical (unpaired) electrons. The number of nitrogen functional groups attached to an aromatic ring is 1. The summed E-state index contributed by atoms with van der Waals surface area (Å²) in [4.78, 5) is 28.6. The Balaban J connectivity index is 1.81. The van der Waals surface area contributed by atoms with Crippen LogP contribution in [0.5, 0.6) is 0 Å². The van der Waals surface area contributed by atoms with Gasteiger partial charge in [0.15, 0.2) is 0 Å². The summed E-state index contributed by atoms with van der Waals surface area (Å²) in [5, 5.41) is 3.36. The zero-order valence-electron chi connectivity index (χ0n) is 17.3. The van der Waals surface area contributed by atoms with Crippen LogP contribution in [0.2, 0.25) is 5.02 Å². The van der Waals surface area contributed by atoms with Gasteiger partial charge in [0, 0.05) is 28.0 Å². The summed E-state index contributed by atoms with van der Waals surface area (Å²) >= 11 is 5.85. The number of thiol groups is 1. The normalized spacial score (nSPS) is 11.1. The van der Waals surface area contributed by atoms with Gasteiger partial charge in [-0.3, -0.25) is 9.59 Å². The van der Waals surface area contributed by atoms with Crippen molar-refractivity contribution in [3.05, 3.63) is 88.1 Å². The van der Waals surface area contributed by atoms with Crippen LogP contribution in [0.1, 0.15) is 31.8 Å². The van der Waals surface area contributed by atoms with Gasteiger partial charge in [-0.1, -0.05) is 29.5 Å². The Bertz CT molecular complexity index is 1300. The fourth-order valence-electron chi connectivity index (χ4n) is 2.59. The maximum Gasteiger partial charge on any atom is 0.284 e. The summed E-state index contributed by atoms with van der Waals surface area (Å²) in [6.07, 6.45) is 4.32. The fourth-order valence-corrected chi connectivity index (χ4v) is 3.28. The van der Waals surface area contributed by atoms with E-state index >= 15 is 0 Å². The molecule has 7 nitrogen and oxygen atoms in total. The van der Waals surface area contributed by atoms with Crippen molar-refractivity contribution in [3.63, 3.8) is 0 Å². The minimum Gasteiger partial charge on any atom is -0.383 e. The van der Waals surface area contributed by atoms with Gasteiger partial charge >= 0.3 is 0 Å². The fraction of sp³-hybridized carbons (Fsp3) is 0.0870. The first-order chi connectivity index (χ1) is 15.1. The SMILES string of the molecule is C[SH](C)(O)=NC(=O)c1cnc(N)c(C#Cc2cccc(NC(=O)c3ccc(Cl)cc3)c2)c1. The molecule has 0 fully saturated rings. The van der Waals surface area contributed by atoms with E-state index in [1.807, 2.05) is 0 Å². The summed E-state index contributed by atoms with van der Waals surface area (Å²) in [6, 6.07) is 15.0. The van der Waals surface area contributed by atoms with E-state index in [1.165, 1.54) is 24.8 Å². The second-order valence-corrected chi connectivity index (χ2v) is 10.5. The lowest BCUT2D eigenvalue weighted by molar-refractivity contribution is 0.100. The second-order valence-electron chi connectivity index (χ2n) is 7.19. The maximum atomic E-state index is 12.4. The molecule has 3 rings (SSSR count). The molecular weight excluding hydrogens is 448 g/mol. The molecule has 1 heterocycles. The minimum absolute atomic E-state index is 0.166. The number of hydrogen-bond donors (Lipinski definition) is 4. The number of nitrogens with one attached hydrogen (secondary N) is 1. The Morgan fingerprint density at radius 1 is 1.09 bits per heavy atom. The van der Waals surface area contributed by atoms with Gasteiger partial charge in [0.2, 0.25) is 0 Å².